The number of nitrogens with zero attached hydrogens (tertiary/aromatic N) is 1. The molecule has 0 unspecified atom stereocenters. The first-order valence-electron chi connectivity index (χ1n) is 6.03. The fourth-order valence-corrected chi connectivity index (χ4v) is 2.44. The number of amides is 1. The van der Waals surface area contributed by atoms with Crippen molar-refractivity contribution in [3.63, 3.8) is 0 Å². The highest BCUT2D eigenvalue weighted by Gasteiger charge is 2.23. The number of hydrogen-bond acceptors (Lipinski definition) is 4. The van der Waals surface area contributed by atoms with Gasteiger partial charge in [-0.1, -0.05) is 15.9 Å². The Kier molecular flexibility index (Phi) is 4.49. The number of halogens is 1. The Morgan fingerprint density at radius 2 is 2.32 bits per heavy atom. The summed E-state index contributed by atoms with van der Waals surface area (Å²) >= 11 is 3.17. The van der Waals surface area contributed by atoms with E-state index in [-0.39, 0.29) is 17.3 Å². The molecular weight excluding hydrogens is 314 g/mol. The predicted octanol–water partition coefficient (Wildman–Crippen LogP) is 1.84. The molecule has 1 aromatic rings. The van der Waals surface area contributed by atoms with E-state index in [4.69, 9.17) is 0 Å². The summed E-state index contributed by atoms with van der Waals surface area (Å²) in [4.78, 5) is 22.5. The number of hydrogen-bond donors (Lipinski definition) is 2. The van der Waals surface area contributed by atoms with Crippen LogP contribution in [0.4, 0.5) is 5.69 Å². The normalized spacial score (nSPS) is 18.9. The third-order valence-corrected chi connectivity index (χ3v) is 3.53. The number of nitrogens with one attached hydrogen (secondary N) is 2. The van der Waals surface area contributed by atoms with E-state index >= 15 is 0 Å². The molecule has 2 rings (SSSR count). The third-order valence-electron chi connectivity index (χ3n) is 3.03. The molecule has 1 atom stereocenters. The summed E-state index contributed by atoms with van der Waals surface area (Å²) in [6, 6.07) is 4.47. The molecule has 0 spiro atoms. The number of benzene rings is 1. The molecule has 2 N–H and O–H groups in total. The molecule has 7 heteroatoms. The van der Waals surface area contributed by atoms with Crippen LogP contribution in [0.15, 0.2) is 22.7 Å². The second-order valence-corrected chi connectivity index (χ2v) is 5.35. The largest absolute Gasteiger partial charge is 0.348 e. The van der Waals surface area contributed by atoms with Crippen LogP contribution in [-0.4, -0.2) is 30.0 Å². The zero-order valence-corrected chi connectivity index (χ0v) is 11.8. The number of carbonyl (C=O) groups is 1. The van der Waals surface area contributed by atoms with Crippen molar-refractivity contribution in [1.82, 2.24) is 10.6 Å². The van der Waals surface area contributed by atoms with Crippen molar-refractivity contribution in [2.24, 2.45) is 0 Å². The van der Waals surface area contributed by atoms with Crippen LogP contribution in [0.5, 0.6) is 0 Å². The highest BCUT2D eigenvalue weighted by Crippen LogP contribution is 2.23. The van der Waals surface area contributed by atoms with Crippen molar-refractivity contribution in [1.29, 1.82) is 0 Å². The van der Waals surface area contributed by atoms with Crippen LogP contribution >= 0.6 is 15.9 Å². The lowest BCUT2D eigenvalue weighted by Crippen LogP contribution is -2.45. The molecule has 1 aromatic carbocycles. The van der Waals surface area contributed by atoms with Crippen molar-refractivity contribution >= 4 is 27.5 Å². The standard InChI is InChI=1S/C12H14BrN3O3/c13-8-3-4-10(11(6-8)16(18)19)12(17)15-9-2-1-5-14-7-9/h3-4,6,9,14H,1-2,5,7H2,(H,15,17)/t9-/m0/s1. The summed E-state index contributed by atoms with van der Waals surface area (Å²) in [6.07, 6.45) is 1.89. The average molecular weight is 328 g/mol. The van der Waals surface area contributed by atoms with Gasteiger partial charge in [-0.05, 0) is 31.5 Å². The summed E-state index contributed by atoms with van der Waals surface area (Å²) in [7, 11) is 0. The second-order valence-electron chi connectivity index (χ2n) is 4.44. The fraction of sp³-hybridized carbons (Fsp3) is 0.417. The maximum atomic E-state index is 12.1. The molecule has 0 bridgehead atoms. The van der Waals surface area contributed by atoms with Crippen LogP contribution in [0.25, 0.3) is 0 Å². The van der Waals surface area contributed by atoms with E-state index in [1.165, 1.54) is 12.1 Å². The summed E-state index contributed by atoms with van der Waals surface area (Å²) in [5.41, 5.74) is -0.0885. The first-order chi connectivity index (χ1) is 9.08. The highest BCUT2D eigenvalue weighted by atomic mass is 79.9. The lowest BCUT2D eigenvalue weighted by Gasteiger charge is -2.23. The molecule has 0 aromatic heterocycles. The van der Waals surface area contributed by atoms with E-state index in [0.717, 1.165) is 19.4 Å². The van der Waals surface area contributed by atoms with Gasteiger partial charge in [0.2, 0.25) is 0 Å². The van der Waals surface area contributed by atoms with Crippen molar-refractivity contribution < 1.29 is 9.72 Å². The number of rotatable bonds is 3. The first-order valence-corrected chi connectivity index (χ1v) is 6.83. The van der Waals surface area contributed by atoms with Gasteiger partial charge in [0.05, 0.1) is 4.92 Å². The minimum absolute atomic E-state index is 0.0319. The van der Waals surface area contributed by atoms with Gasteiger partial charge < -0.3 is 10.6 Å². The average Bonchev–Trinajstić information content (AvgIpc) is 2.39. The van der Waals surface area contributed by atoms with Gasteiger partial charge in [-0.25, -0.2) is 0 Å². The molecule has 1 aliphatic rings. The predicted molar refractivity (Wildman–Crippen MR) is 74.2 cm³/mol. The van der Waals surface area contributed by atoms with E-state index in [1.807, 2.05) is 0 Å². The molecule has 0 saturated carbocycles. The molecular formula is C12H14BrN3O3. The molecule has 0 aliphatic carbocycles. The van der Waals surface area contributed by atoms with E-state index in [1.54, 1.807) is 6.07 Å². The monoisotopic (exact) mass is 327 g/mol. The molecule has 1 amide bonds. The zero-order valence-electron chi connectivity index (χ0n) is 10.2. The second kappa shape index (κ2) is 6.12. The van der Waals surface area contributed by atoms with Crippen molar-refractivity contribution in [2.45, 2.75) is 18.9 Å². The molecule has 19 heavy (non-hydrogen) atoms. The van der Waals surface area contributed by atoms with Crippen LogP contribution in [0.1, 0.15) is 23.2 Å². The van der Waals surface area contributed by atoms with Gasteiger partial charge in [0.15, 0.2) is 0 Å². The van der Waals surface area contributed by atoms with E-state index in [2.05, 4.69) is 26.6 Å². The van der Waals surface area contributed by atoms with Gasteiger partial charge in [0.25, 0.3) is 11.6 Å². The third kappa shape index (κ3) is 3.51. The maximum Gasteiger partial charge on any atom is 0.283 e. The number of carbonyl (C=O) groups excluding carboxylic acids is 1. The summed E-state index contributed by atoms with van der Waals surface area (Å²) in [6.45, 7) is 1.65. The van der Waals surface area contributed by atoms with Gasteiger partial charge in [-0.15, -0.1) is 0 Å². The van der Waals surface area contributed by atoms with Crippen molar-refractivity contribution in [2.75, 3.05) is 13.1 Å². The zero-order chi connectivity index (χ0) is 13.8. The highest BCUT2D eigenvalue weighted by molar-refractivity contribution is 9.10. The Morgan fingerprint density at radius 3 is 2.95 bits per heavy atom. The van der Waals surface area contributed by atoms with Gasteiger partial charge in [-0.2, -0.15) is 0 Å². The van der Waals surface area contributed by atoms with Crippen molar-refractivity contribution in [3.05, 3.63) is 38.3 Å². The lowest BCUT2D eigenvalue weighted by atomic mass is 10.1. The smallest absolute Gasteiger partial charge is 0.283 e. The SMILES string of the molecule is O=C(N[C@H]1CCCNC1)c1ccc(Br)cc1[N+](=O)[O-]. The van der Waals surface area contributed by atoms with Crippen LogP contribution in [0, 0.1) is 10.1 Å². The minimum Gasteiger partial charge on any atom is -0.348 e. The summed E-state index contributed by atoms with van der Waals surface area (Å²) in [5, 5.41) is 17.0. The van der Waals surface area contributed by atoms with Crippen LogP contribution in [-0.2, 0) is 0 Å². The number of piperidine rings is 1. The molecule has 6 nitrogen and oxygen atoms in total. The Bertz CT molecular complexity index is 501. The summed E-state index contributed by atoms with van der Waals surface area (Å²) < 4.78 is 0.579. The first kappa shape index (κ1) is 14.0. The molecule has 0 radical (unpaired) electrons. The molecule has 102 valence electrons. The number of nitro benzene ring substituents is 1. The quantitative estimate of drug-likeness (QED) is 0.655. The van der Waals surface area contributed by atoms with E-state index in [9.17, 15) is 14.9 Å². The molecule has 1 saturated heterocycles. The van der Waals surface area contributed by atoms with E-state index < -0.39 is 10.8 Å². The van der Waals surface area contributed by atoms with Gasteiger partial charge in [0.1, 0.15) is 5.56 Å². The summed E-state index contributed by atoms with van der Waals surface area (Å²) in [5.74, 6) is -0.395. The van der Waals surface area contributed by atoms with E-state index in [0.29, 0.717) is 11.0 Å². The van der Waals surface area contributed by atoms with Gasteiger partial charge >= 0.3 is 0 Å². The van der Waals surface area contributed by atoms with Crippen LogP contribution in [0.2, 0.25) is 0 Å². The van der Waals surface area contributed by atoms with Crippen LogP contribution < -0.4 is 10.6 Å². The van der Waals surface area contributed by atoms with Crippen LogP contribution in [0.3, 0.4) is 0 Å². The Morgan fingerprint density at radius 1 is 1.53 bits per heavy atom. The minimum atomic E-state index is -0.543. The molecule has 1 aliphatic heterocycles. The molecule has 1 fully saturated rings. The van der Waals surface area contributed by atoms with Crippen molar-refractivity contribution in [3.8, 4) is 0 Å². The Labute approximate surface area is 118 Å². The fourth-order valence-electron chi connectivity index (χ4n) is 2.09. The number of nitro groups is 1. The van der Waals surface area contributed by atoms with Gasteiger partial charge in [0, 0.05) is 23.1 Å². The topological polar surface area (TPSA) is 84.3 Å². The maximum absolute atomic E-state index is 12.1. The molecule has 1 heterocycles. The Hall–Kier alpha value is -1.47. The Balaban J connectivity index is 2.16. The lowest BCUT2D eigenvalue weighted by molar-refractivity contribution is -0.385. The van der Waals surface area contributed by atoms with Gasteiger partial charge in [-0.3, -0.25) is 14.9 Å².